The highest BCUT2D eigenvalue weighted by Crippen LogP contribution is 2.27. The molecule has 1 aromatic carbocycles. The summed E-state index contributed by atoms with van der Waals surface area (Å²) in [6, 6.07) is 6.81. The zero-order chi connectivity index (χ0) is 15.0. The number of hydrogen-bond donors (Lipinski definition) is 1. The molecule has 0 aliphatic carbocycles. The molecule has 1 N–H and O–H groups in total. The molecule has 0 amide bonds. The van der Waals surface area contributed by atoms with E-state index < -0.39 is 0 Å². The second kappa shape index (κ2) is 5.46. The van der Waals surface area contributed by atoms with Gasteiger partial charge in [-0.2, -0.15) is 5.10 Å². The average molecular weight is 366 g/mol. The highest BCUT2D eigenvalue weighted by molar-refractivity contribution is 9.10. The molecule has 3 aromatic rings. The summed E-state index contributed by atoms with van der Waals surface area (Å²) in [4.78, 5) is 19.1. The summed E-state index contributed by atoms with van der Waals surface area (Å²) in [5.41, 5.74) is 1.92. The second-order valence-corrected chi connectivity index (χ2v) is 5.77. The predicted molar refractivity (Wildman–Crippen MR) is 85.2 cm³/mol. The number of aryl methyl sites for hydroxylation is 1. The number of hydrogen-bond acceptors (Lipinski definition) is 3. The fraction of sp³-hybridized carbons (Fsp3) is 0.0714. The van der Waals surface area contributed by atoms with Crippen molar-refractivity contribution in [3.05, 3.63) is 56.5 Å². The van der Waals surface area contributed by atoms with Crippen molar-refractivity contribution in [2.75, 3.05) is 0 Å². The van der Waals surface area contributed by atoms with E-state index in [9.17, 15) is 4.79 Å². The van der Waals surface area contributed by atoms with Crippen LogP contribution in [0.2, 0.25) is 5.02 Å². The van der Waals surface area contributed by atoms with Gasteiger partial charge < -0.3 is 4.98 Å². The summed E-state index contributed by atoms with van der Waals surface area (Å²) in [6.07, 6.45) is 3.48. The number of halogens is 2. The van der Waals surface area contributed by atoms with Crippen molar-refractivity contribution in [3.8, 4) is 22.6 Å². The lowest BCUT2D eigenvalue weighted by molar-refractivity contribution is 0.768. The normalized spacial score (nSPS) is 10.8. The molecule has 5 nitrogen and oxygen atoms in total. The minimum atomic E-state index is -0.218. The summed E-state index contributed by atoms with van der Waals surface area (Å²) in [7, 11) is 1.81. The fourth-order valence-electron chi connectivity index (χ4n) is 1.94. The Kier molecular flexibility index (Phi) is 3.65. The SMILES string of the molecule is Cn1cc(-c2cc(=O)[nH]c(-c3ccc(Cl)c(Br)c3)n2)cn1. The van der Waals surface area contributed by atoms with Crippen LogP contribution >= 0.6 is 27.5 Å². The van der Waals surface area contributed by atoms with Crippen LogP contribution in [0.3, 0.4) is 0 Å². The molecule has 0 bridgehead atoms. The van der Waals surface area contributed by atoms with Crippen LogP contribution in [0.1, 0.15) is 0 Å². The van der Waals surface area contributed by atoms with Crippen LogP contribution in [0.5, 0.6) is 0 Å². The molecule has 0 spiro atoms. The Balaban J connectivity index is 2.13. The Labute approximate surface area is 133 Å². The van der Waals surface area contributed by atoms with E-state index >= 15 is 0 Å². The molecule has 0 saturated carbocycles. The molecule has 0 aliphatic rings. The van der Waals surface area contributed by atoms with E-state index in [0.717, 1.165) is 15.6 Å². The van der Waals surface area contributed by atoms with E-state index in [-0.39, 0.29) is 5.56 Å². The molecule has 2 aromatic heterocycles. The molecular weight excluding hydrogens is 356 g/mol. The maximum Gasteiger partial charge on any atom is 0.251 e. The van der Waals surface area contributed by atoms with E-state index in [1.807, 2.05) is 19.3 Å². The topological polar surface area (TPSA) is 63.6 Å². The van der Waals surface area contributed by atoms with Crippen LogP contribution in [0.25, 0.3) is 22.6 Å². The van der Waals surface area contributed by atoms with Crippen molar-refractivity contribution in [1.82, 2.24) is 19.7 Å². The van der Waals surface area contributed by atoms with Gasteiger partial charge in [0.1, 0.15) is 5.82 Å². The van der Waals surface area contributed by atoms with Crippen LogP contribution in [0, 0.1) is 0 Å². The summed E-state index contributed by atoms with van der Waals surface area (Å²) >= 11 is 9.34. The minimum absolute atomic E-state index is 0.218. The van der Waals surface area contributed by atoms with Gasteiger partial charge in [0, 0.05) is 34.9 Å². The third kappa shape index (κ3) is 2.91. The molecule has 0 atom stereocenters. The molecule has 0 unspecified atom stereocenters. The molecule has 0 saturated heterocycles. The zero-order valence-electron chi connectivity index (χ0n) is 11.0. The Bertz CT molecular complexity index is 871. The van der Waals surface area contributed by atoms with Gasteiger partial charge in [-0.1, -0.05) is 11.6 Å². The molecule has 0 fully saturated rings. The van der Waals surface area contributed by atoms with Crippen LogP contribution in [0.15, 0.2) is 45.9 Å². The smallest absolute Gasteiger partial charge is 0.251 e. The number of aromatic nitrogens is 4. The molecular formula is C14H10BrClN4O. The average Bonchev–Trinajstić information content (AvgIpc) is 2.88. The number of aromatic amines is 1. The lowest BCUT2D eigenvalue weighted by atomic mass is 10.2. The minimum Gasteiger partial charge on any atom is -0.306 e. The quantitative estimate of drug-likeness (QED) is 0.758. The first-order valence-corrected chi connectivity index (χ1v) is 7.26. The molecule has 21 heavy (non-hydrogen) atoms. The third-order valence-electron chi connectivity index (χ3n) is 2.94. The first kappa shape index (κ1) is 14.0. The largest absolute Gasteiger partial charge is 0.306 e. The van der Waals surface area contributed by atoms with Gasteiger partial charge in [0.2, 0.25) is 0 Å². The van der Waals surface area contributed by atoms with Crippen molar-refractivity contribution in [1.29, 1.82) is 0 Å². The molecule has 0 radical (unpaired) electrons. The summed E-state index contributed by atoms with van der Waals surface area (Å²) in [5.74, 6) is 0.485. The number of rotatable bonds is 2. The van der Waals surface area contributed by atoms with E-state index in [1.165, 1.54) is 6.07 Å². The molecule has 2 heterocycles. The van der Waals surface area contributed by atoms with Gasteiger partial charge in [-0.15, -0.1) is 0 Å². The van der Waals surface area contributed by atoms with Gasteiger partial charge in [0.15, 0.2) is 0 Å². The van der Waals surface area contributed by atoms with Gasteiger partial charge in [0.05, 0.1) is 16.9 Å². The second-order valence-electron chi connectivity index (χ2n) is 4.51. The fourth-order valence-corrected chi connectivity index (χ4v) is 2.44. The summed E-state index contributed by atoms with van der Waals surface area (Å²) in [5, 5.41) is 4.69. The maximum absolute atomic E-state index is 11.9. The summed E-state index contributed by atoms with van der Waals surface area (Å²) < 4.78 is 2.41. The Hall–Kier alpha value is -1.92. The molecule has 3 rings (SSSR count). The van der Waals surface area contributed by atoms with E-state index in [2.05, 4.69) is 31.0 Å². The third-order valence-corrected chi connectivity index (χ3v) is 4.15. The Morgan fingerprint density at radius 1 is 1.29 bits per heavy atom. The van der Waals surface area contributed by atoms with Crippen molar-refractivity contribution >= 4 is 27.5 Å². The first-order chi connectivity index (χ1) is 10.0. The molecule has 7 heteroatoms. The van der Waals surface area contributed by atoms with Crippen LogP contribution in [-0.2, 0) is 7.05 Å². The Morgan fingerprint density at radius 3 is 2.76 bits per heavy atom. The lowest BCUT2D eigenvalue weighted by Gasteiger charge is -2.04. The van der Waals surface area contributed by atoms with Crippen molar-refractivity contribution in [2.45, 2.75) is 0 Å². The number of nitrogens with one attached hydrogen (secondary N) is 1. The highest BCUT2D eigenvalue weighted by atomic mass is 79.9. The number of nitrogens with zero attached hydrogens (tertiary/aromatic N) is 3. The first-order valence-electron chi connectivity index (χ1n) is 6.09. The number of benzene rings is 1. The Morgan fingerprint density at radius 2 is 2.10 bits per heavy atom. The van der Waals surface area contributed by atoms with Crippen molar-refractivity contribution in [2.24, 2.45) is 7.05 Å². The standard InChI is InChI=1S/C14H10BrClN4O/c1-20-7-9(6-17-20)12-5-13(21)19-14(18-12)8-2-3-11(16)10(15)4-8/h2-7H,1H3,(H,18,19,21). The van der Waals surface area contributed by atoms with E-state index in [4.69, 9.17) is 11.6 Å². The number of H-pyrrole nitrogens is 1. The van der Waals surface area contributed by atoms with E-state index in [0.29, 0.717) is 16.5 Å². The van der Waals surface area contributed by atoms with Gasteiger partial charge >= 0.3 is 0 Å². The maximum atomic E-state index is 11.9. The van der Waals surface area contributed by atoms with Gasteiger partial charge in [-0.3, -0.25) is 9.48 Å². The predicted octanol–water partition coefficient (Wildman–Crippen LogP) is 3.25. The molecule has 106 valence electrons. The van der Waals surface area contributed by atoms with Crippen molar-refractivity contribution in [3.63, 3.8) is 0 Å². The van der Waals surface area contributed by atoms with Crippen LogP contribution < -0.4 is 5.56 Å². The van der Waals surface area contributed by atoms with Gasteiger partial charge in [-0.05, 0) is 34.1 Å². The lowest BCUT2D eigenvalue weighted by Crippen LogP contribution is -2.08. The molecule has 0 aliphatic heterocycles. The van der Waals surface area contributed by atoms with Gasteiger partial charge in [-0.25, -0.2) is 4.98 Å². The highest BCUT2D eigenvalue weighted by Gasteiger charge is 2.09. The van der Waals surface area contributed by atoms with Crippen LogP contribution in [-0.4, -0.2) is 19.7 Å². The van der Waals surface area contributed by atoms with Crippen molar-refractivity contribution < 1.29 is 0 Å². The summed E-state index contributed by atoms with van der Waals surface area (Å²) in [6.45, 7) is 0. The van der Waals surface area contributed by atoms with Gasteiger partial charge in [0.25, 0.3) is 5.56 Å². The van der Waals surface area contributed by atoms with Crippen LogP contribution in [0.4, 0.5) is 0 Å². The monoisotopic (exact) mass is 364 g/mol. The zero-order valence-corrected chi connectivity index (χ0v) is 13.3. The van der Waals surface area contributed by atoms with E-state index in [1.54, 1.807) is 23.0 Å².